The van der Waals surface area contributed by atoms with E-state index < -0.39 is 17.8 Å². The Labute approximate surface area is 171 Å². The SMILES string of the molecule is C=CCn1c(SCC(=O)NC(=O)Nc2ccccc2)nnc1-c1ccccc1F. The van der Waals surface area contributed by atoms with Crippen molar-refractivity contribution in [1.29, 1.82) is 0 Å². The molecule has 2 N–H and O–H groups in total. The lowest BCUT2D eigenvalue weighted by molar-refractivity contribution is -0.117. The summed E-state index contributed by atoms with van der Waals surface area (Å²) in [6.07, 6.45) is 1.63. The van der Waals surface area contributed by atoms with Gasteiger partial charge in [-0.05, 0) is 24.3 Å². The van der Waals surface area contributed by atoms with Crippen LogP contribution < -0.4 is 10.6 Å². The maximum atomic E-state index is 14.1. The molecule has 29 heavy (non-hydrogen) atoms. The van der Waals surface area contributed by atoms with E-state index in [4.69, 9.17) is 0 Å². The summed E-state index contributed by atoms with van der Waals surface area (Å²) in [5.74, 6) is -0.636. The lowest BCUT2D eigenvalue weighted by Crippen LogP contribution is -2.35. The van der Waals surface area contributed by atoms with E-state index in [9.17, 15) is 14.0 Å². The van der Waals surface area contributed by atoms with Crippen LogP contribution in [0, 0.1) is 5.82 Å². The summed E-state index contributed by atoms with van der Waals surface area (Å²) in [6.45, 7) is 4.04. The highest BCUT2D eigenvalue weighted by Gasteiger charge is 2.17. The van der Waals surface area contributed by atoms with Crippen LogP contribution in [0.5, 0.6) is 0 Å². The van der Waals surface area contributed by atoms with E-state index in [2.05, 4.69) is 27.4 Å². The number of carbonyl (C=O) groups excluding carboxylic acids is 2. The van der Waals surface area contributed by atoms with Crippen LogP contribution in [0.25, 0.3) is 11.4 Å². The Morgan fingerprint density at radius 2 is 1.83 bits per heavy atom. The van der Waals surface area contributed by atoms with Gasteiger partial charge in [-0.1, -0.05) is 48.2 Å². The Balaban J connectivity index is 1.64. The highest BCUT2D eigenvalue weighted by atomic mass is 32.2. The number of nitrogens with zero attached hydrogens (tertiary/aromatic N) is 3. The van der Waals surface area contributed by atoms with E-state index in [0.717, 1.165) is 11.8 Å². The number of para-hydroxylation sites is 1. The summed E-state index contributed by atoms with van der Waals surface area (Å²) in [4.78, 5) is 24.0. The van der Waals surface area contributed by atoms with Gasteiger partial charge in [0.2, 0.25) is 5.91 Å². The fourth-order valence-corrected chi connectivity index (χ4v) is 3.26. The Morgan fingerprint density at radius 3 is 2.55 bits per heavy atom. The number of hydrogen-bond donors (Lipinski definition) is 2. The van der Waals surface area contributed by atoms with Gasteiger partial charge in [0.25, 0.3) is 0 Å². The zero-order chi connectivity index (χ0) is 20.6. The van der Waals surface area contributed by atoms with Gasteiger partial charge in [-0.25, -0.2) is 9.18 Å². The fraction of sp³-hybridized carbons (Fsp3) is 0.100. The van der Waals surface area contributed by atoms with E-state index in [0.29, 0.717) is 28.8 Å². The molecule has 7 nitrogen and oxygen atoms in total. The molecule has 0 spiro atoms. The third-order valence-electron chi connectivity index (χ3n) is 3.76. The molecule has 0 aliphatic rings. The van der Waals surface area contributed by atoms with Gasteiger partial charge in [-0.2, -0.15) is 0 Å². The molecule has 0 atom stereocenters. The molecular weight excluding hydrogens is 393 g/mol. The molecule has 0 radical (unpaired) electrons. The average Bonchev–Trinajstić information content (AvgIpc) is 3.10. The summed E-state index contributed by atoms with van der Waals surface area (Å²) in [6, 6.07) is 14.4. The van der Waals surface area contributed by atoms with E-state index in [1.54, 1.807) is 53.1 Å². The van der Waals surface area contributed by atoms with Crippen LogP contribution in [0.4, 0.5) is 14.9 Å². The largest absolute Gasteiger partial charge is 0.325 e. The Bertz CT molecular complexity index is 1020. The van der Waals surface area contributed by atoms with Crippen molar-refractivity contribution < 1.29 is 14.0 Å². The van der Waals surface area contributed by atoms with Crippen LogP contribution in [-0.4, -0.2) is 32.5 Å². The molecule has 0 saturated heterocycles. The summed E-state index contributed by atoms with van der Waals surface area (Å²) in [5.41, 5.74) is 0.881. The highest BCUT2D eigenvalue weighted by Crippen LogP contribution is 2.25. The molecule has 0 saturated carbocycles. The number of halogens is 1. The molecule has 0 fully saturated rings. The molecule has 148 valence electrons. The number of hydrogen-bond acceptors (Lipinski definition) is 5. The van der Waals surface area contributed by atoms with Crippen molar-refractivity contribution in [2.45, 2.75) is 11.7 Å². The zero-order valence-electron chi connectivity index (χ0n) is 15.3. The average molecular weight is 411 g/mol. The van der Waals surface area contributed by atoms with Gasteiger partial charge >= 0.3 is 6.03 Å². The maximum Gasteiger partial charge on any atom is 0.325 e. The van der Waals surface area contributed by atoms with Gasteiger partial charge in [0.05, 0.1) is 11.3 Å². The van der Waals surface area contributed by atoms with Gasteiger partial charge in [-0.15, -0.1) is 16.8 Å². The lowest BCUT2D eigenvalue weighted by atomic mass is 10.2. The molecule has 3 rings (SSSR count). The number of carbonyl (C=O) groups is 2. The van der Waals surface area contributed by atoms with Crippen molar-refractivity contribution in [3.8, 4) is 11.4 Å². The topological polar surface area (TPSA) is 88.9 Å². The third-order valence-corrected chi connectivity index (χ3v) is 4.73. The summed E-state index contributed by atoms with van der Waals surface area (Å²) < 4.78 is 15.8. The minimum atomic E-state index is -0.624. The molecule has 0 aliphatic carbocycles. The predicted octanol–water partition coefficient (Wildman–Crippen LogP) is 3.71. The van der Waals surface area contributed by atoms with Gasteiger partial charge in [0.1, 0.15) is 5.82 Å². The monoisotopic (exact) mass is 411 g/mol. The molecule has 3 aromatic rings. The summed E-state index contributed by atoms with van der Waals surface area (Å²) in [7, 11) is 0. The standard InChI is InChI=1S/C20H18FN5O2S/c1-2-12-26-18(15-10-6-7-11-16(15)21)24-25-20(26)29-13-17(27)23-19(28)22-14-8-4-3-5-9-14/h2-11H,1,12-13H2,(H2,22,23,27,28). The van der Waals surface area contributed by atoms with Crippen molar-refractivity contribution in [2.24, 2.45) is 0 Å². The molecule has 0 unspecified atom stereocenters. The molecule has 1 aromatic heterocycles. The smallest absolute Gasteiger partial charge is 0.308 e. The first-order valence-corrected chi connectivity index (χ1v) is 9.64. The number of amides is 3. The summed E-state index contributed by atoms with van der Waals surface area (Å²) >= 11 is 1.09. The van der Waals surface area contributed by atoms with Crippen LogP contribution in [0.3, 0.4) is 0 Å². The molecule has 1 heterocycles. The molecule has 3 amide bonds. The normalized spacial score (nSPS) is 10.4. The Kier molecular flexibility index (Phi) is 6.75. The number of aromatic nitrogens is 3. The quantitative estimate of drug-likeness (QED) is 0.457. The van der Waals surface area contributed by atoms with Crippen LogP contribution >= 0.6 is 11.8 Å². The van der Waals surface area contributed by atoms with Crippen molar-refractivity contribution >= 4 is 29.4 Å². The number of rotatable bonds is 7. The van der Waals surface area contributed by atoms with Gasteiger partial charge < -0.3 is 5.32 Å². The van der Waals surface area contributed by atoms with Gasteiger partial charge in [0, 0.05) is 12.2 Å². The minimum Gasteiger partial charge on any atom is -0.308 e. The van der Waals surface area contributed by atoms with E-state index >= 15 is 0 Å². The second kappa shape index (κ2) is 9.65. The Morgan fingerprint density at radius 1 is 1.10 bits per heavy atom. The molecule has 9 heteroatoms. The first-order valence-electron chi connectivity index (χ1n) is 8.66. The first-order chi connectivity index (χ1) is 14.1. The number of nitrogens with one attached hydrogen (secondary N) is 2. The van der Waals surface area contributed by atoms with Gasteiger partial charge in [0.15, 0.2) is 11.0 Å². The van der Waals surface area contributed by atoms with Crippen LogP contribution in [0.1, 0.15) is 0 Å². The predicted molar refractivity (Wildman–Crippen MR) is 110 cm³/mol. The minimum absolute atomic E-state index is 0.0608. The van der Waals surface area contributed by atoms with Crippen LogP contribution in [0.2, 0.25) is 0 Å². The van der Waals surface area contributed by atoms with E-state index in [1.807, 2.05) is 6.07 Å². The second-order valence-electron chi connectivity index (χ2n) is 5.84. The van der Waals surface area contributed by atoms with Crippen molar-refractivity contribution in [3.05, 3.63) is 73.1 Å². The number of anilines is 1. The second-order valence-corrected chi connectivity index (χ2v) is 6.78. The van der Waals surface area contributed by atoms with E-state index in [1.165, 1.54) is 6.07 Å². The fourth-order valence-electron chi connectivity index (χ4n) is 2.51. The number of benzene rings is 2. The van der Waals surface area contributed by atoms with Gasteiger partial charge in [-0.3, -0.25) is 14.7 Å². The van der Waals surface area contributed by atoms with Crippen molar-refractivity contribution in [3.63, 3.8) is 0 Å². The number of urea groups is 1. The maximum absolute atomic E-state index is 14.1. The number of thioether (sulfide) groups is 1. The third kappa shape index (κ3) is 5.29. The summed E-state index contributed by atoms with van der Waals surface area (Å²) in [5, 5.41) is 13.3. The highest BCUT2D eigenvalue weighted by molar-refractivity contribution is 7.99. The lowest BCUT2D eigenvalue weighted by Gasteiger charge is -2.09. The molecular formula is C20H18FN5O2S. The number of allylic oxidation sites excluding steroid dienone is 1. The molecule has 0 bridgehead atoms. The first kappa shape index (κ1) is 20.3. The van der Waals surface area contributed by atoms with Crippen LogP contribution in [-0.2, 0) is 11.3 Å². The Hall–Kier alpha value is -3.46. The van der Waals surface area contributed by atoms with Crippen molar-refractivity contribution in [1.82, 2.24) is 20.1 Å². The van der Waals surface area contributed by atoms with Crippen molar-refractivity contribution in [2.75, 3.05) is 11.1 Å². The zero-order valence-corrected chi connectivity index (χ0v) is 16.2. The molecule has 0 aliphatic heterocycles. The number of imide groups is 1. The van der Waals surface area contributed by atoms with E-state index in [-0.39, 0.29) is 5.75 Å². The van der Waals surface area contributed by atoms with Crippen LogP contribution in [0.15, 0.2) is 72.4 Å². The molecule has 2 aromatic carbocycles.